The van der Waals surface area contributed by atoms with E-state index in [1.165, 1.54) is 5.69 Å². The lowest BCUT2D eigenvalue weighted by Crippen LogP contribution is -2.41. The van der Waals surface area contributed by atoms with Gasteiger partial charge in [-0.3, -0.25) is 9.78 Å². The molecule has 4 heterocycles. The number of carbonyl (C=O) groups excluding carboxylic acids is 1. The van der Waals surface area contributed by atoms with Gasteiger partial charge in [0, 0.05) is 55.4 Å². The largest absolute Gasteiger partial charge is 0.378 e. The van der Waals surface area contributed by atoms with Crippen LogP contribution < -0.4 is 4.90 Å². The first-order valence-corrected chi connectivity index (χ1v) is 10.4. The number of aromatic nitrogens is 3. The molecule has 0 aliphatic carbocycles. The Morgan fingerprint density at radius 2 is 2.07 bits per heavy atom. The molecule has 1 aromatic carbocycles. The number of fused-ring (bicyclic) bond motifs is 1. The zero-order valence-electron chi connectivity index (χ0n) is 17.0. The maximum atomic E-state index is 13.6. The van der Waals surface area contributed by atoms with Crippen molar-refractivity contribution in [3.8, 4) is 0 Å². The van der Waals surface area contributed by atoms with Gasteiger partial charge in [0.1, 0.15) is 6.04 Å². The highest BCUT2D eigenvalue weighted by Gasteiger charge is 2.34. The van der Waals surface area contributed by atoms with E-state index in [1.54, 1.807) is 12.5 Å². The predicted octanol–water partition coefficient (Wildman–Crippen LogP) is 2.74. The third-order valence-corrected chi connectivity index (χ3v) is 5.98. The van der Waals surface area contributed by atoms with Gasteiger partial charge in [0.25, 0.3) is 5.91 Å². The van der Waals surface area contributed by atoms with Gasteiger partial charge in [-0.15, -0.1) is 0 Å². The standard InChI is InChI=1S/C23H25N5O2/c1-16-13-17(4-5-20(16)27-9-11-30-12-10-27)23(29)28-8-6-19-21(26-15-25-19)22(28)18-3-2-7-24-14-18/h2-5,7,13-15,22H,6,8-12H2,1H3,(H,25,26). The van der Waals surface area contributed by atoms with E-state index in [0.717, 1.165) is 55.2 Å². The van der Waals surface area contributed by atoms with Crippen LogP contribution in [0.2, 0.25) is 0 Å². The van der Waals surface area contributed by atoms with E-state index in [0.29, 0.717) is 12.1 Å². The maximum absolute atomic E-state index is 13.6. The first kappa shape index (κ1) is 18.8. The molecular weight excluding hydrogens is 378 g/mol. The van der Waals surface area contributed by atoms with Crippen molar-refractivity contribution < 1.29 is 9.53 Å². The molecule has 5 rings (SSSR count). The van der Waals surface area contributed by atoms with E-state index in [1.807, 2.05) is 35.4 Å². The number of amides is 1. The zero-order chi connectivity index (χ0) is 20.5. The van der Waals surface area contributed by atoms with Crippen LogP contribution in [0.25, 0.3) is 0 Å². The highest BCUT2D eigenvalue weighted by molar-refractivity contribution is 5.95. The molecule has 1 fully saturated rings. The van der Waals surface area contributed by atoms with Gasteiger partial charge >= 0.3 is 0 Å². The Morgan fingerprint density at radius 1 is 1.20 bits per heavy atom. The molecular formula is C23H25N5O2. The Kier molecular flexibility index (Phi) is 4.96. The van der Waals surface area contributed by atoms with Crippen molar-refractivity contribution in [2.24, 2.45) is 0 Å². The van der Waals surface area contributed by atoms with Crippen LogP contribution >= 0.6 is 0 Å². The molecule has 1 saturated heterocycles. The molecule has 1 unspecified atom stereocenters. The van der Waals surface area contributed by atoms with Gasteiger partial charge in [0.05, 0.1) is 25.2 Å². The topological polar surface area (TPSA) is 74.4 Å². The minimum Gasteiger partial charge on any atom is -0.378 e. The van der Waals surface area contributed by atoms with Crippen LogP contribution in [0.1, 0.15) is 38.9 Å². The molecule has 3 aromatic rings. The molecule has 154 valence electrons. The number of hydrogen-bond acceptors (Lipinski definition) is 5. The lowest BCUT2D eigenvalue weighted by Gasteiger charge is -2.35. The highest BCUT2D eigenvalue weighted by atomic mass is 16.5. The second-order valence-electron chi connectivity index (χ2n) is 7.80. The normalized spacial score (nSPS) is 18.9. The third-order valence-electron chi connectivity index (χ3n) is 5.98. The fourth-order valence-corrected chi connectivity index (χ4v) is 4.48. The van der Waals surface area contributed by atoms with Crippen molar-refractivity contribution in [3.63, 3.8) is 0 Å². The number of benzene rings is 1. The van der Waals surface area contributed by atoms with Gasteiger partial charge in [0.15, 0.2) is 0 Å². The first-order valence-electron chi connectivity index (χ1n) is 10.4. The summed E-state index contributed by atoms with van der Waals surface area (Å²) in [7, 11) is 0. The third kappa shape index (κ3) is 3.35. The van der Waals surface area contributed by atoms with Crippen LogP contribution in [-0.2, 0) is 11.2 Å². The van der Waals surface area contributed by atoms with Crippen LogP contribution in [0.3, 0.4) is 0 Å². The van der Waals surface area contributed by atoms with Crippen LogP contribution in [0, 0.1) is 6.92 Å². The summed E-state index contributed by atoms with van der Waals surface area (Å²) in [6.45, 7) is 5.95. The second kappa shape index (κ2) is 7.91. The molecule has 2 aliphatic heterocycles. The Labute approximate surface area is 175 Å². The van der Waals surface area contributed by atoms with Crippen molar-refractivity contribution in [2.45, 2.75) is 19.4 Å². The number of nitrogens with zero attached hydrogens (tertiary/aromatic N) is 4. The minimum atomic E-state index is -0.236. The molecule has 7 heteroatoms. The number of pyridine rings is 1. The van der Waals surface area contributed by atoms with E-state index in [9.17, 15) is 4.79 Å². The van der Waals surface area contributed by atoms with Gasteiger partial charge in [0.2, 0.25) is 0 Å². The Morgan fingerprint density at radius 3 is 2.83 bits per heavy atom. The molecule has 0 radical (unpaired) electrons. The van der Waals surface area contributed by atoms with Gasteiger partial charge in [-0.2, -0.15) is 0 Å². The van der Waals surface area contributed by atoms with E-state index in [2.05, 4.69) is 32.8 Å². The zero-order valence-corrected chi connectivity index (χ0v) is 17.0. The number of anilines is 1. The molecule has 1 N–H and O–H groups in total. The molecule has 0 bridgehead atoms. The van der Waals surface area contributed by atoms with Crippen molar-refractivity contribution in [1.82, 2.24) is 19.9 Å². The quantitative estimate of drug-likeness (QED) is 0.728. The molecule has 1 atom stereocenters. The molecule has 0 saturated carbocycles. The molecule has 2 aliphatic rings. The van der Waals surface area contributed by atoms with E-state index in [-0.39, 0.29) is 11.9 Å². The first-order chi connectivity index (χ1) is 14.7. The number of hydrogen-bond donors (Lipinski definition) is 1. The van der Waals surface area contributed by atoms with Gasteiger partial charge < -0.3 is 19.5 Å². The summed E-state index contributed by atoms with van der Waals surface area (Å²) in [6.07, 6.45) is 6.05. The SMILES string of the molecule is Cc1cc(C(=O)N2CCc3[nH]cnc3C2c2cccnc2)ccc1N1CCOCC1. The summed E-state index contributed by atoms with van der Waals surface area (Å²) in [5.74, 6) is 0.0223. The summed E-state index contributed by atoms with van der Waals surface area (Å²) in [4.78, 5) is 29.9. The van der Waals surface area contributed by atoms with E-state index >= 15 is 0 Å². The number of aryl methyl sites for hydroxylation is 1. The number of carbonyl (C=O) groups is 1. The number of ether oxygens (including phenoxy) is 1. The molecule has 7 nitrogen and oxygen atoms in total. The second-order valence-corrected chi connectivity index (χ2v) is 7.80. The number of nitrogens with one attached hydrogen (secondary N) is 1. The molecule has 30 heavy (non-hydrogen) atoms. The average Bonchev–Trinajstić information content (AvgIpc) is 3.28. The van der Waals surface area contributed by atoms with Crippen molar-refractivity contribution in [2.75, 3.05) is 37.7 Å². The Hall–Kier alpha value is -3.19. The molecule has 1 amide bonds. The summed E-state index contributed by atoms with van der Waals surface area (Å²) >= 11 is 0. The summed E-state index contributed by atoms with van der Waals surface area (Å²) in [5.41, 5.74) is 5.96. The molecule has 2 aromatic heterocycles. The van der Waals surface area contributed by atoms with Gasteiger partial charge in [-0.05, 0) is 42.3 Å². The Balaban J connectivity index is 1.47. The summed E-state index contributed by atoms with van der Waals surface area (Å²) in [5, 5.41) is 0. The fraction of sp³-hybridized carbons (Fsp3) is 0.348. The Bertz CT molecular complexity index is 1040. The fourth-order valence-electron chi connectivity index (χ4n) is 4.48. The number of H-pyrrole nitrogens is 1. The van der Waals surface area contributed by atoms with Crippen LogP contribution in [-0.4, -0.2) is 58.6 Å². The van der Waals surface area contributed by atoms with E-state index < -0.39 is 0 Å². The van der Waals surface area contributed by atoms with Crippen molar-refractivity contribution in [3.05, 3.63) is 77.1 Å². The maximum Gasteiger partial charge on any atom is 0.254 e. The number of aromatic amines is 1. The number of morpholine rings is 1. The van der Waals surface area contributed by atoms with Crippen LogP contribution in [0.15, 0.2) is 49.1 Å². The smallest absolute Gasteiger partial charge is 0.254 e. The van der Waals surface area contributed by atoms with Crippen molar-refractivity contribution >= 4 is 11.6 Å². The lowest BCUT2D eigenvalue weighted by molar-refractivity contribution is 0.0690. The monoisotopic (exact) mass is 403 g/mol. The molecule has 0 spiro atoms. The highest BCUT2D eigenvalue weighted by Crippen LogP contribution is 2.34. The van der Waals surface area contributed by atoms with E-state index in [4.69, 9.17) is 4.74 Å². The number of imidazole rings is 1. The average molecular weight is 403 g/mol. The van der Waals surface area contributed by atoms with Crippen LogP contribution in [0.4, 0.5) is 5.69 Å². The summed E-state index contributed by atoms with van der Waals surface area (Å²) < 4.78 is 5.46. The predicted molar refractivity (Wildman–Crippen MR) is 114 cm³/mol. The van der Waals surface area contributed by atoms with Crippen molar-refractivity contribution in [1.29, 1.82) is 0 Å². The summed E-state index contributed by atoms with van der Waals surface area (Å²) in [6, 6.07) is 9.69. The number of rotatable bonds is 3. The minimum absolute atomic E-state index is 0.0223. The van der Waals surface area contributed by atoms with Gasteiger partial charge in [-0.25, -0.2) is 4.98 Å². The lowest BCUT2D eigenvalue weighted by atomic mass is 9.95. The van der Waals surface area contributed by atoms with Crippen LogP contribution in [0.5, 0.6) is 0 Å². The van der Waals surface area contributed by atoms with Gasteiger partial charge in [-0.1, -0.05) is 6.07 Å².